The molecule has 2 N–H and O–H groups in total. The van der Waals surface area contributed by atoms with Crippen LogP contribution in [-0.2, 0) is 19.1 Å². The summed E-state index contributed by atoms with van der Waals surface area (Å²) >= 11 is 0. The number of rotatable bonds is 11. The number of carboxylic acid groups (broad SMARTS) is 1. The number of carboxylic acids is 1. The molecule has 0 saturated heterocycles. The summed E-state index contributed by atoms with van der Waals surface area (Å²) in [5, 5.41) is 11.8. The number of aliphatic carboxylic acids is 1. The molecular formula is C26H32N2O6. The van der Waals surface area contributed by atoms with Gasteiger partial charge in [0.2, 0.25) is 5.91 Å². The molecule has 3 rings (SSSR count). The number of fused-ring (bicyclic) bond motifs is 3. The molecule has 2 unspecified atom stereocenters. The minimum absolute atomic E-state index is 0.0281. The van der Waals surface area contributed by atoms with Crippen LogP contribution in [0.2, 0.25) is 0 Å². The lowest BCUT2D eigenvalue weighted by Gasteiger charge is -2.25. The van der Waals surface area contributed by atoms with Crippen molar-refractivity contribution in [1.29, 1.82) is 0 Å². The summed E-state index contributed by atoms with van der Waals surface area (Å²) in [5.41, 5.74) is 4.57. The lowest BCUT2D eigenvalue weighted by molar-refractivity contribution is -0.143. The Morgan fingerprint density at radius 1 is 1.06 bits per heavy atom. The molecule has 8 nitrogen and oxygen atoms in total. The number of nitrogens with one attached hydrogen (secondary N) is 1. The third-order valence-corrected chi connectivity index (χ3v) is 6.20. The molecule has 0 aromatic heterocycles. The van der Waals surface area contributed by atoms with Crippen LogP contribution in [0.15, 0.2) is 48.5 Å². The van der Waals surface area contributed by atoms with Crippen LogP contribution >= 0.6 is 0 Å². The van der Waals surface area contributed by atoms with Gasteiger partial charge in [0.25, 0.3) is 0 Å². The van der Waals surface area contributed by atoms with E-state index in [1.54, 1.807) is 13.8 Å². The number of methoxy groups -OCH3 is 1. The topological polar surface area (TPSA) is 105 Å². The van der Waals surface area contributed by atoms with Gasteiger partial charge < -0.3 is 24.8 Å². The molecule has 1 aliphatic rings. The smallest absolute Gasteiger partial charge is 0.407 e. The monoisotopic (exact) mass is 468 g/mol. The Labute approximate surface area is 199 Å². The highest BCUT2D eigenvalue weighted by molar-refractivity contribution is 5.79. The molecule has 0 radical (unpaired) electrons. The van der Waals surface area contributed by atoms with Crippen molar-refractivity contribution in [3.8, 4) is 11.1 Å². The van der Waals surface area contributed by atoms with Gasteiger partial charge in [-0.05, 0) is 29.2 Å². The van der Waals surface area contributed by atoms with Crippen LogP contribution in [0.1, 0.15) is 37.3 Å². The first-order chi connectivity index (χ1) is 16.3. The maximum atomic E-state index is 12.6. The fourth-order valence-corrected chi connectivity index (χ4v) is 4.23. The Morgan fingerprint density at radius 3 is 2.18 bits per heavy atom. The first kappa shape index (κ1) is 25.2. The average Bonchev–Trinajstić information content (AvgIpc) is 3.17. The molecular weight excluding hydrogens is 436 g/mol. The Hall–Kier alpha value is -3.39. The molecule has 8 heteroatoms. The summed E-state index contributed by atoms with van der Waals surface area (Å²) in [6.45, 7) is 4.18. The molecule has 0 heterocycles. The largest absolute Gasteiger partial charge is 0.481 e. The quantitative estimate of drug-likeness (QED) is 0.523. The molecule has 182 valence electrons. The van der Waals surface area contributed by atoms with E-state index < -0.39 is 24.1 Å². The lowest BCUT2D eigenvalue weighted by atomic mass is 9.98. The van der Waals surface area contributed by atoms with E-state index in [1.807, 2.05) is 24.3 Å². The van der Waals surface area contributed by atoms with E-state index >= 15 is 0 Å². The molecule has 1 aliphatic carbocycles. The molecule has 2 amide bonds. The zero-order valence-electron chi connectivity index (χ0n) is 19.8. The number of ether oxygens (including phenoxy) is 2. The highest BCUT2D eigenvalue weighted by atomic mass is 16.5. The van der Waals surface area contributed by atoms with E-state index in [2.05, 4.69) is 29.6 Å². The molecule has 0 fully saturated rings. The number of hydrogen-bond acceptors (Lipinski definition) is 5. The Kier molecular flexibility index (Phi) is 8.65. The maximum absolute atomic E-state index is 12.6. The second kappa shape index (κ2) is 11.7. The Bertz CT molecular complexity index is 978. The predicted octanol–water partition coefficient (Wildman–Crippen LogP) is 3.50. The molecule has 2 aromatic carbocycles. The Morgan fingerprint density at radius 2 is 1.65 bits per heavy atom. The van der Waals surface area contributed by atoms with E-state index in [0.29, 0.717) is 6.54 Å². The van der Waals surface area contributed by atoms with Gasteiger partial charge in [-0.15, -0.1) is 0 Å². The van der Waals surface area contributed by atoms with Crippen LogP contribution in [0.5, 0.6) is 0 Å². The summed E-state index contributed by atoms with van der Waals surface area (Å²) in [4.78, 5) is 37.6. The number of hydrogen-bond donors (Lipinski definition) is 2. The van der Waals surface area contributed by atoms with Crippen LogP contribution in [0, 0.1) is 5.92 Å². The number of carbonyl (C=O) groups is 3. The summed E-state index contributed by atoms with van der Waals surface area (Å²) in [6.07, 6.45) is -1.11. The van der Waals surface area contributed by atoms with Gasteiger partial charge in [0.05, 0.1) is 18.4 Å². The van der Waals surface area contributed by atoms with Gasteiger partial charge in [0.15, 0.2) is 0 Å². The van der Waals surface area contributed by atoms with E-state index in [4.69, 9.17) is 14.6 Å². The molecule has 2 atom stereocenters. The molecule has 2 aromatic rings. The fourth-order valence-electron chi connectivity index (χ4n) is 4.23. The van der Waals surface area contributed by atoms with Crippen molar-refractivity contribution in [2.45, 2.75) is 32.3 Å². The van der Waals surface area contributed by atoms with Crippen LogP contribution in [0.4, 0.5) is 4.79 Å². The molecule has 34 heavy (non-hydrogen) atoms. The standard InChI is InChI=1S/C26H32N2O6/c1-4-28(15-17(2)25(30)31)24(29)13-18(33-3)14-27-26(32)34-16-23-21-11-7-5-9-19(21)20-10-6-8-12-22(20)23/h5-12,17-18,23H,4,13-16H2,1-3H3,(H,27,32)(H,30,31). The van der Waals surface area contributed by atoms with Crippen LogP contribution in [-0.4, -0.2) is 67.4 Å². The number of benzene rings is 2. The van der Waals surface area contributed by atoms with Crippen molar-refractivity contribution in [3.63, 3.8) is 0 Å². The number of nitrogens with zero attached hydrogens (tertiary/aromatic N) is 1. The third kappa shape index (κ3) is 5.94. The number of alkyl carbamates (subject to hydrolysis) is 1. The summed E-state index contributed by atoms with van der Waals surface area (Å²) < 4.78 is 10.9. The van der Waals surface area contributed by atoms with Crippen molar-refractivity contribution in [3.05, 3.63) is 59.7 Å². The van der Waals surface area contributed by atoms with Crippen molar-refractivity contribution in [2.75, 3.05) is 33.4 Å². The van der Waals surface area contributed by atoms with E-state index in [-0.39, 0.29) is 37.9 Å². The summed E-state index contributed by atoms with van der Waals surface area (Å²) in [5.74, 6) is -1.88. The van der Waals surface area contributed by atoms with E-state index in [1.165, 1.54) is 12.0 Å². The minimum Gasteiger partial charge on any atom is -0.481 e. The van der Waals surface area contributed by atoms with Gasteiger partial charge in [0.1, 0.15) is 6.61 Å². The molecule has 0 spiro atoms. The highest BCUT2D eigenvalue weighted by Crippen LogP contribution is 2.44. The zero-order chi connectivity index (χ0) is 24.7. The molecule has 0 saturated carbocycles. The Balaban J connectivity index is 1.51. The first-order valence-electron chi connectivity index (χ1n) is 11.5. The van der Waals surface area contributed by atoms with Crippen molar-refractivity contribution < 1.29 is 29.0 Å². The lowest BCUT2D eigenvalue weighted by Crippen LogP contribution is -2.41. The third-order valence-electron chi connectivity index (χ3n) is 6.20. The second-order valence-corrected chi connectivity index (χ2v) is 8.44. The van der Waals surface area contributed by atoms with Crippen LogP contribution < -0.4 is 5.32 Å². The number of carbonyl (C=O) groups excluding carboxylic acids is 2. The van der Waals surface area contributed by atoms with Crippen molar-refractivity contribution in [1.82, 2.24) is 10.2 Å². The maximum Gasteiger partial charge on any atom is 0.407 e. The predicted molar refractivity (Wildman–Crippen MR) is 128 cm³/mol. The van der Waals surface area contributed by atoms with E-state index in [9.17, 15) is 14.4 Å². The average molecular weight is 469 g/mol. The highest BCUT2D eigenvalue weighted by Gasteiger charge is 2.29. The van der Waals surface area contributed by atoms with Gasteiger partial charge in [-0.1, -0.05) is 55.5 Å². The van der Waals surface area contributed by atoms with Gasteiger partial charge >= 0.3 is 12.1 Å². The molecule has 0 aliphatic heterocycles. The van der Waals surface area contributed by atoms with Crippen LogP contribution in [0.25, 0.3) is 11.1 Å². The SMILES string of the molecule is CCN(CC(C)C(=O)O)C(=O)CC(CNC(=O)OCC1c2ccccc2-c2ccccc21)OC. The van der Waals surface area contributed by atoms with Gasteiger partial charge in [-0.3, -0.25) is 9.59 Å². The van der Waals surface area contributed by atoms with Crippen molar-refractivity contribution in [2.24, 2.45) is 5.92 Å². The zero-order valence-corrected chi connectivity index (χ0v) is 19.8. The van der Waals surface area contributed by atoms with Gasteiger partial charge in [-0.25, -0.2) is 4.79 Å². The second-order valence-electron chi connectivity index (χ2n) is 8.44. The number of amides is 2. The minimum atomic E-state index is -0.952. The van der Waals surface area contributed by atoms with Gasteiger partial charge in [-0.2, -0.15) is 0 Å². The molecule has 0 bridgehead atoms. The summed E-state index contributed by atoms with van der Waals surface area (Å²) in [7, 11) is 1.47. The normalized spacial score (nSPS) is 14.0. The first-order valence-corrected chi connectivity index (χ1v) is 11.5. The van der Waals surface area contributed by atoms with Crippen molar-refractivity contribution >= 4 is 18.0 Å². The van der Waals surface area contributed by atoms with Crippen LogP contribution in [0.3, 0.4) is 0 Å². The van der Waals surface area contributed by atoms with Gasteiger partial charge in [0, 0.05) is 32.7 Å². The van der Waals surface area contributed by atoms with E-state index in [0.717, 1.165) is 22.3 Å². The summed E-state index contributed by atoms with van der Waals surface area (Å²) in [6, 6.07) is 16.2. The fraction of sp³-hybridized carbons (Fsp3) is 0.423.